The minimum Gasteiger partial charge on any atom is -0.481 e. The van der Waals surface area contributed by atoms with E-state index in [1.165, 1.54) is 6.21 Å². The minimum atomic E-state index is -1.34. The van der Waals surface area contributed by atoms with Crippen LogP contribution in [0.1, 0.15) is 26.2 Å². The number of rotatable bonds is 6. The van der Waals surface area contributed by atoms with Crippen LogP contribution >= 0.6 is 0 Å². The van der Waals surface area contributed by atoms with Crippen LogP contribution < -0.4 is 5.32 Å². The summed E-state index contributed by atoms with van der Waals surface area (Å²) in [6, 6.07) is -0.815. The fraction of sp³-hybridized carbons (Fsp3) is 0.600. The van der Waals surface area contributed by atoms with Crippen LogP contribution in [-0.2, 0) is 14.5 Å². The van der Waals surface area contributed by atoms with Crippen molar-refractivity contribution >= 4 is 24.1 Å². The summed E-state index contributed by atoms with van der Waals surface area (Å²) in [6.45, 7) is 1.67. The van der Waals surface area contributed by atoms with Crippen LogP contribution in [0, 0.1) is 5.92 Å². The van der Waals surface area contributed by atoms with Crippen molar-refractivity contribution in [3.8, 4) is 0 Å². The Hall–Kier alpha value is -2.12. The second-order valence-electron chi connectivity index (χ2n) is 3.76. The van der Waals surface area contributed by atoms with Gasteiger partial charge in [-0.25, -0.2) is 4.79 Å². The summed E-state index contributed by atoms with van der Waals surface area (Å²) in [6.07, 6.45) is 4.14. The minimum absolute atomic E-state index is 0.356. The van der Waals surface area contributed by atoms with E-state index in [-0.39, 0.29) is 6.54 Å². The molecule has 0 aromatic heterocycles. The first kappa shape index (κ1) is 13.9. The van der Waals surface area contributed by atoms with Crippen LogP contribution in [0.5, 0.6) is 0 Å². The van der Waals surface area contributed by atoms with E-state index < -0.39 is 23.8 Å². The van der Waals surface area contributed by atoms with Gasteiger partial charge in [0.05, 0.1) is 6.54 Å². The second-order valence-corrected chi connectivity index (χ2v) is 3.76. The lowest BCUT2D eigenvalue weighted by Gasteiger charge is -2.26. The molecule has 1 atom stereocenters. The van der Waals surface area contributed by atoms with Crippen LogP contribution in [0.4, 0.5) is 4.79 Å². The number of unbranched alkanes of at least 4 members (excludes halogenated alkanes) is 2. The molecular formula is C10H15N3O5. The van der Waals surface area contributed by atoms with Crippen molar-refractivity contribution in [3.05, 3.63) is 0 Å². The summed E-state index contributed by atoms with van der Waals surface area (Å²) in [4.78, 5) is 38.0. The molecule has 1 aliphatic heterocycles. The first-order valence-electron chi connectivity index (χ1n) is 5.60. The molecule has 0 aromatic carbocycles. The third kappa shape index (κ3) is 3.72. The zero-order valence-corrected chi connectivity index (χ0v) is 9.96. The molecule has 1 aliphatic rings. The summed E-state index contributed by atoms with van der Waals surface area (Å²) >= 11 is 0. The smallest absolute Gasteiger partial charge is 0.359 e. The van der Waals surface area contributed by atoms with Gasteiger partial charge >= 0.3 is 12.0 Å². The molecule has 0 spiro atoms. The quantitative estimate of drug-likeness (QED) is 0.309. The topological polar surface area (TPSA) is 108 Å². The molecule has 100 valence electrons. The standard InChI is InChI=1S/C10H15N3O5/c1-2-3-4-5-11-18-13-6-7(9(15)16)8(14)12-10(13)17/h5,7H,2-4,6H2,1H3,(H,15,16)(H,12,14,17). The van der Waals surface area contributed by atoms with Gasteiger partial charge in [-0.15, -0.1) is 5.06 Å². The summed E-state index contributed by atoms with van der Waals surface area (Å²) in [5, 5.41) is 14.9. The van der Waals surface area contributed by atoms with Gasteiger partial charge in [0.2, 0.25) is 5.91 Å². The number of imide groups is 1. The molecule has 18 heavy (non-hydrogen) atoms. The number of hydroxylamine groups is 2. The van der Waals surface area contributed by atoms with Gasteiger partial charge in [0, 0.05) is 6.21 Å². The zero-order valence-electron chi connectivity index (χ0n) is 9.96. The highest BCUT2D eigenvalue weighted by molar-refractivity contribution is 6.06. The van der Waals surface area contributed by atoms with Crippen LogP contribution in [0.15, 0.2) is 5.16 Å². The molecule has 8 heteroatoms. The lowest BCUT2D eigenvalue weighted by molar-refractivity contribution is -0.164. The third-order valence-corrected chi connectivity index (χ3v) is 2.33. The Morgan fingerprint density at radius 3 is 3.00 bits per heavy atom. The van der Waals surface area contributed by atoms with Crippen LogP contribution in [0.3, 0.4) is 0 Å². The SMILES string of the molecule is CCCCC=NON1CC(C(=O)O)C(=O)NC1=O. The molecular weight excluding hydrogens is 242 g/mol. The molecule has 1 saturated heterocycles. The van der Waals surface area contributed by atoms with Gasteiger partial charge in [0.15, 0.2) is 5.92 Å². The van der Waals surface area contributed by atoms with Crippen molar-refractivity contribution in [2.45, 2.75) is 26.2 Å². The molecule has 8 nitrogen and oxygen atoms in total. The number of nitrogens with zero attached hydrogens (tertiary/aromatic N) is 2. The van der Waals surface area contributed by atoms with Crippen LogP contribution in [0.25, 0.3) is 0 Å². The molecule has 3 amide bonds. The van der Waals surface area contributed by atoms with Crippen molar-refractivity contribution in [2.24, 2.45) is 11.1 Å². The maximum atomic E-state index is 11.3. The average Bonchev–Trinajstić information content (AvgIpc) is 2.30. The van der Waals surface area contributed by atoms with Crippen molar-refractivity contribution in [1.82, 2.24) is 10.4 Å². The van der Waals surface area contributed by atoms with Gasteiger partial charge in [0.25, 0.3) is 0 Å². The molecule has 1 rings (SSSR count). The lowest BCUT2D eigenvalue weighted by Crippen LogP contribution is -2.55. The number of nitrogens with one attached hydrogen (secondary N) is 1. The van der Waals surface area contributed by atoms with Crippen LogP contribution in [0.2, 0.25) is 0 Å². The van der Waals surface area contributed by atoms with Crippen molar-refractivity contribution < 1.29 is 24.4 Å². The number of aliphatic carboxylic acids is 1. The van der Waals surface area contributed by atoms with Crippen molar-refractivity contribution in [3.63, 3.8) is 0 Å². The number of carboxylic acids is 1. The van der Waals surface area contributed by atoms with E-state index in [1.54, 1.807) is 0 Å². The number of amides is 3. The van der Waals surface area contributed by atoms with Crippen molar-refractivity contribution in [1.29, 1.82) is 0 Å². The zero-order chi connectivity index (χ0) is 13.5. The highest BCUT2D eigenvalue weighted by Crippen LogP contribution is 2.09. The van der Waals surface area contributed by atoms with E-state index in [0.717, 1.165) is 12.8 Å². The number of carbonyl (C=O) groups is 3. The molecule has 2 N–H and O–H groups in total. The predicted molar refractivity (Wildman–Crippen MR) is 60.5 cm³/mol. The first-order chi connectivity index (χ1) is 8.56. The number of hydrogen-bond donors (Lipinski definition) is 2. The fourth-order valence-corrected chi connectivity index (χ4v) is 1.29. The monoisotopic (exact) mass is 257 g/mol. The van der Waals surface area contributed by atoms with Gasteiger partial charge in [-0.3, -0.25) is 19.8 Å². The Morgan fingerprint density at radius 2 is 2.39 bits per heavy atom. The number of carboxylic acid groups (broad SMARTS) is 1. The Labute approximate surface area is 104 Å². The maximum absolute atomic E-state index is 11.3. The normalized spacial score (nSPS) is 20.1. The van der Waals surface area contributed by atoms with E-state index in [2.05, 4.69) is 5.16 Å². The molecule has 0 bridgehead atoms. The molecule has 1 heterocycles. The summed E-state index contributed by atoms with van der Waals surface area (Å²) in [7, 11) is 0. The highest BCUT2D eigenvalue weighted by Gasteiger charge is 2.38. The highest BCUT2D eigenvalue weighted by atomic mass is 16.8. The Kier molecular flexibility index (Phi) is 5.09. The number of hydrogen-bond acceptors (Lipinski definition) is 5. The Bertz CT molecular complexity index is 369. The summed E-state index contributed by atoms with van der Waals surface area (Å²) < 4.78 is 0. The average molecular weight is 257 g/mol. The number of carbonyl (C=O) groups excluding carboxylic acids is 2. The van der Waals surface area contributed by atoms with Gasteiger partial charge in [-0.2, -0.15) is 0 Å². The largest absolute Gasteiger partial charge is 0.481 e. The Morgan fingerprint density at radius 1 is 1.67 bits per heavy atom. The van der Waals surface area contributed by atoms with Gasteiger partial charge in [0.1, 0.15) is 0 Å². The van der Waals surface area contributed by atoms with E-state index in [9.17, 15) is 14.4 Å². The maximum Gasteiger partial charge on any atom is 0.359 e. The van der Waals surface area contributed by atoms with Gasteiger partial charge < -0.3 is 5.11 Å². The summed E-state index contributed by atoms with van der Waals surface area (Å²) in [5.41, 5.74) is 0. The fourth-order valence-electron chi connectivity index (χ4n) is 1.29. The van der Waals surface area contributed by atoms with E-state index in [4.69, 9.17) is 10.0 Å². The van der Waals surface area contributed by atoms with E-state index in [0.29, 0.717) is 11.5 Å². The molecule has 0 aromatic rings. The number of urea groups is 1. The molecule has 0 radical (unpaired) electrons. The van der Waals surface area contributed by atoms with Gasteiger partial charge in [-0.1, -0.05) is 18.5 Å². The van der Waals surface area contributed by atoms with Gasteiger partial charge in [-0.05, 0) is 12.8 Å². The molecule has 1 unspecified atom stereocenters. The molecule has 0 aliphatic carbocycles. The molecule has 0 saturated carbocycles. The van der Waals surface area contributed by atoms with E-state index >= 15 is 0 Å². The third-order valence-electron chi connectivity index (χ3n) is 2.33. The number of oxime groups is 1. The van der Waals surface area contributed by atoms with Crippen LogP contribution in [-0.4, -0.2) is 40.8 Å². The summed E-state index contributed by atoms with van der Waals surface area (Å²) in [5.74, 6) is -3.50. The second kappa shape index (κ2) is 6.58. The van der Waals surface area contributed by atoms with E-state index in [1.807, 2.05) is 12.2 Å². The predicted octanol–water partition coefficient (Wildman–Crippen LogP) is 0.347. The van der Waals surface area contributed by atoms with Crippen molar-refractivity contribution in [2.75, 3.05) is 6.54 Å². The first-order valence-corrected chi connectivity index (χ1v) is 5.60. The molecule has 1 fully saturated rings. The Balaban J connectivity index is 2.49. The lowest BCUT2D eigenvalue weighted by atomic mass is 10.1.